The third-order valence-corrected chi connectivity index (χ3v) is 5.73. The van der Waals surface area contributed by atoms with Crippen molar-refractivity contribution < 1.29 is 34.8 Å². The summed E-state index contributed by atoms with van der Waals surface area (Å²) in [5.41, 5.74) is 4.58. The summed E-state index contributed by atoms with van der Waals surface area (Å²) in [5.74, 6) is -6.49. The highest BCUT2D eigenvalue weighted by Gasteiger charge is 2.52. The normalized spacial score (nSPS) is 30.0. The Balaban J connectivity index is 1.89. The molecule has 0 saturated carbocycles. The van der Waals surface area contributed by atoms with Crippen molar-refractivity contribution >= 4 is 17.5 Å². The molecule has 6 N–H and O–H groups in total. The number of primary amides is 1. The highest BCUT2D eigenvalue weighted by atomic mass is 16.3. The van der Waals surface area contributed by atoms with Crippen LogP contribution in [0.2, 0.25) is 0 Å². The Kier molecular flexibility index (Phi) is 3.64. The Bertz CT molecular complexity index is 974. The van der Waals surface area contributed by atoms with Crippen molar-refractivity contribution in [3.63, 3.8) is 0 Å². The number of allylic oxidation sites excluding steroid dienone is 2. The number of phenolic OH excluding ortho intramolecular Hbond substituents is 1. The highest BCUT2D eigenvalue weighted by molar-refractivity contribution is 6.22. The number of hydrogen-bond donors (Lipinski definition) is 5. The Morgan fingerprint density at radius 3 is 2.52 bits per heavy atom. The average molecular weight is 371 g/mol. The molecule has 3 aliphatic rings. The molecule has 0 saturated heterocycles. The van der Waals surface area contributed by atoms with Gasteiger partial charge in [0.2, 0.25) is 0 Å². The van der Waals surface area contributed by atoms with Crippen LogP contribution in [0.25, 0.3) is 0 Å². The van der Waals surface area contributed by atoms with E-state index in [1.165, 1.54) is 18.2 Å². The lowest BCUT2D eigenvalue weighted by Crippen LogP contribution is -2.44. The molecule has 4 rings (SSSR count). The first kappa shape index (κ1) is 17.3. The van der Waals surface area contributed by atoms with Crippen LogP contribution in [-0.2, 0) is 9.59 Å². The molecule has 3 unspecified atom stereocenters. The van der Waals surface area contributed by atoms with E-state index >= 15 is 0 Å². The molecule has 1 amide bonds. The van der Waals surface area contributed by atoms with Gasteiger partial charge in [-0.15, -0.1) is 0 Å². The van der Waals surface area contributed by atoms with Crippen LogP contribution in [0.3, 0.4) is 0 Å². The van der Waals surface area contributed by atoms with Gasteiger partial charge in [-0.1, -0.05) is 12.1 Å². The average Bonchev–Trinajstić information content (AvgIpc) is 2.58. The van der Waals surface area contributed by atoms with Gasteiger partial charge < -0.3 is 26.2 Å². The number of rotatable bonds is 1. The smallest absolute Gasteiger partial charge is 0.255 e. The number of carbonyl (C=O) groups excluding carboxylic acids is 3. The second-order valence-electron chi connectivity index (χ2n) is 7.15. The zero-order valence-electron chi connectivity index (χ0n) is 14.0. The van der Waals surface area contributed by atoms with Crippen molar-refractivity contribution in [2.24, 2.45) is 23.5 Å². The minimum atomic E-state index is -1.20. The minimum Gasteiger partial charge on any atom is -0.511 e. The molecule has 27 heavy (non-hydrogen) atoms. The topological polar surface area (TPSA) is 158 Å². The van der Waals surface area contributed by atoms with Crippen molar-refractivity contribution in [2.75, 3.05) is 0 Å². The maximum atomic E-state index is 12.9. The molecule has 0 fully saturated rings. The molecule has 1 aromatic carbocycles. The predicted octanol–water partition coefficient (Wildman–Crippen LogP) is 0.956. The second-order valence-corrected chi connectivity index (χ2v) is 7.15. The molecular weight excluding hydrogens is 354 g/mol. The number of phenols is 1. The predicted molar refractivity (Wildman–Crippen MR) is 90.6 cm³/mol. The van der Waals surface area contributed by atoms with Crippen molar-refractivity contribution in [2.45, 2.75) is 18.9 Å². The van der Waals surface area contributed by atoms with Gasteiger partial charge in [0.1, 0.15) is 22.8 Å². The summed E-state index contributed by atoms with van der Waals surface area (Å²) in [6.45, 7) is 0. The summed E-state index contributed by atoms with van der Waals surface area (Å²) < 4.78 is 0. The molecule has 1 aromatic rings. The number of ketones is 2. The molecule has 140 valence electrons. The number of Topliss-reactive ketones (excluding diaryl/α,β-unsaturated/α-hetero) is 2. The van der Waals surface area contributed by atoms with Gasteiger partial charge in [-0.05, 0) is 24.0 Å². The lowest BCUT2D eigenvalue weighted by Gasteiger charge is -2.42. The molecule has 0 heterocycles. The van der Waals surface area contributed by atoms with Gasteiger partial charge >= 0.3 is 0 Å². The molecule has 8 nitrogen and oxygen atoms in total. The molecule has 0 radical (unpaired) electrons. The van der Waals surface area contributed by atoms with Gasteiger partial charge in [0, 0.05) is 17.9 Å². The van der Waals surface area contributed by atoms with E-state index in [2.05, 4.69) is 0 Å². The van der Waals surface area contributed by atoms with E-state index in [1.54, 1.807) is 0 Å². The quantitative estimate of drug-likeness (QED) is 0.460. The Hall–Kier alpha value is -3.13. The molecule has 8 heteroatoms. The van der Waals surface area contributed by atoms with Gasteiger partial charge in [-0.3, -0.25) is 14.4 Å². The molecule has 0 aliphatic heterocycles. The van der Waals surface area contributed by atoms with Gasteiger partial charge in [0.05, 0.1) is 17.6 Å². The van der Waals surface area contributed by atoms with Crippen LogP contribution >= 0.6 is 0 Å². The zero-order chi connectivity index (χ0) is 19.6. The highest BCUT2D eigenvalue weighted by Crippen LogP contribution is 2.52. The third kappa shape index (κ3) is 2.23. The zero-order valence-corrected chi connectivity index (χ0v) is 14.0. The summed E-state index contributed by atoms with van der Waals surface area (Å²) in [5, 5.41) is 41.6. The number of aliphatic hydroxyl groups excluding tert-OH is 3. The standard InChI is InChI=1S/C19H17NO7/c20-19(27)14-10(22)5-6-4-8-13(16(24)11(6)17(14)25)18(26)12-7(15(8)23)2-1-3-9(12)21/h1-3,6,8,11,15,21-24H,4-5H2,(H2,20,27)/t6?,8?,11?,15-/m1/s1. The first-order valence-corrected chi connectivity index (χ1v) is 8.47. The number of hydrogen-bond acceptors (Lipinski definition) is 7. The van der Waals surface area contributed by atoms with E-state index in [-0.39, 0.29) is 35.3 Å². The van der Waals surface area contributed by atoms with E-state index in [1.807, 2.05) is 0 Å². The van der Waals surface area contributed by atoms with Crippen molar-refractivity contribution in [1.29, 1.82) is 0 Å². The lowest BCUT2D eigenvalue weighted by atomic mass is 9.62. The van der Waals surface area contributed by atoms with Gasteiger partial charge in [0.15, 0.2) is 11.6 Å². The van der Waals surface area contributed by atoms with Crippen LogP contribution in [0.1, 0.15) is 34.9 Å². The summed E-state index contributed by atoms with van der Waals surface area (Å²) in [6.07, 6.45) is -1.09. The number of aliphatic hydroxyl groups is 3. The number of nitrogens with two attached hydrogens (primary N) is 1. The molecule has 4 atom stereocenters. The van der Waals surface area contributed by atoms with Gasteiger partial charge in [0.25, 0.3) is 5.91 Å². The van der Waals surface area contributed by atoms with E-state index in [4.69, 9.17) is 5.73 Å². The summed E-state index contributed by atoms with van der Waals surface area (Å²) >= 11 is 0. The fraction of sp³-hybridized carbons (Fsp3) is 0.316. The van der Waals surface area contributed by atoms with E-state index in [0.29, 0.717) is 0 Å². The number of benzene rings is 1. The molecule has 0 spiro atoms. The third-order valence-electron chi connectivity index (χ3n) is 5.73. The van der Waals surface area contributed by atoms with Crippen molar-refractivity contribution in [3.05, 3.63) is 52.0 Å². The Morgan fingerprint density at radius 2 is 1.85 bits per heavy atom. The maximum absolute atomic E-state index is 12.9. The molecule has 3 aliphatic carbocycles. The SMILES string of the molecule is NC(=O)C1=C(O)CC2CC3C(=C(O)C2C1=O)C(=O)c1c(O)cccc1[C@H]3O. The van der Waals surface area contributed by atoms with E-state index in [9.17, 15) is 34.8 Å². The van der Waals surface area contributed by atoms with E-state index in [0.717, 1.165) is 0 Å². The maximum Gasteiger partial charge on any atom is 0.255 e. The largest absolute Gasteiger partial charge is 0.511 e. The molecule has 0 aromatic heterocycles. The lowest BCUT2D eigenvalue weighted by molar-refractivity contribution is -0.126. The summed E-state index contributed by atoms with van der Waals surface area (Å²) in [4.78, 5) is 37.1. The first-order chi connectivity index (χ1) is 12.7. The van der Waals surface area contributed by atoms with Crippen LogP contribution in [-0.4, -0.2) is 37.9 Å². The molecular formula is C19H17NO7. The van der Waals surface area contributed by atoms with E-state index < -0.39 is 58.4 Å². The van der Waals surface area contributed by atoms with Crippen LogP contribution in [0.5, 0.6) is 5.75 Å². The van der Waals surface area contributed by atoms with Gasteiger partial charge in [-0.2, -0.15) is 0 Å². The van der Waals surface area contributed by atoms with Crippen LogP contribution in [0.15, 0.2) is 40.9 Å². The first-order valence-electron chi connectivity index (χ1n) is 8.47. The monoisotopic (exact) mass is 371 g/mol. The summed E-state index contributed by atoms with van der Waals surface area (Å²) in [7, 11) is 0. The van der Waals surface area contributed by atoms with Crippen LogP contribution in [0.4, 0.5) is 0 Å². The van der Waals surface area contributed by atoms with Crippen molar-refractivity contribution in [3.8, 4) is 5.75 Å². The van der Waals surface area contributed by atoms with Crippen LogP contribution in [0, 0.1) is 17.8 Å². The Morgan fingerprint density at radius 1 is 1.15 bits per heavy atom. The second kappa shape index (κ2) is 5.68. The number of aromatic hydroxyl groups is 1. The number of carbonyl (C=O) groups is 3. The molecule has 0 bridgehead atoms. The fourth-order valence-corrected chi connectivity index (χ4v) is 4.59. The fourth-order valence-electron chi connectivity index (χ4n) is 4.59. The minimum absolute atomic E-state index is 0.0731. The van der Waals surface area contributed by atoms with Crippen LogP contribution < -0.4 is 5.73 Å². The number of fused-ring (bicyclic) bond motifs is 3. The Labute approximate surface area is 153 Å². The van der Waals surface area contributed by atoms with Gasteiger partial charge in [-0.25, -0.2) is 0 Å². The summed E-state index contributed by atoms with van der Waals surface area (Å²) in [6, 6.07) is 4.32. The number of amides is 1. The van der Waals surface area contributed by atoms with Crippen molar-refractivity contribution in [1.82, 2.24) is 0 Å².